The zero-order valence-electron chi connectivity index (χ0n) is 8.00. The zero-order chi connectivity index (χ0) is 9.14. The van der Waals surface area contributed by atoms with Crippen LogP contribution in [0.2, 0.25) is 0 Å². The molecule has 1 aromatic heterocycles. The second-order valence-corrected chi connectivity index (χ2v) is 3.56. The maximum absolute atomic E-state index is 5.70. The van der Waals surface area contributed by atoms with Crippen LogP contribution in [0, 0.1) is 6.92 Å². The molecule has 0 amide bonds. The summed E-state index contributed by atoms with van der Waals surface area (Å²) < 4.78 is 5.49. The molecule has 0 aliphatic rings. The van der Waals surface area contributed by atoms with Crippen LogP contribution in [0.1, 0.15) is 37.7 Å². The van der Waals surface area contributed by atoms with Crippen LogP contribution in [-0.4, -0.2) is 6.04 Å². The lowest BCUT2D eigenvalue weighted by molar-refractivity contribution is 0.430. The first-order valence-electron chi connectivity index (χ1n) is 4.41. The molecule has 0 saturated heterocycles. The molecule has 0 spiro atoms. The number of aryl methyl sites for hydroxylation is 1. The monoisotopic (exact) mass is 167 g/mol. The van der Waals surface area contributed by atoms with E-state index in [0.29, 0.717) is 5.92 Å². The molecule has 2 nitrogen and oxygen atoms in total. The Labute approximate surface area is 73.8 Å². The molecule has 0 aliphatic heterocycles. The second kappa shape index (κ2) is 3.76. The van der Waals surface area contributed by atoms with Gasteiger partial charge in [0.15, 0.2) is 0 Å². The van der Waals surface area contributed by atoms with E-state index in [9.17, 15) is 0 Å². The van der Waals surface area contributed by atoms with Gasteiger partial charge in [0, 0.05) is 12.0 Å². The lowest BCUT2D eigenvalue weighted by atomic mass is 10.0. The van der Waals surface area contributed by atoms with E-state index in [2.05, 4.69) is 6.92 Å². The van der Waals surface area contributed by atoms with Crippen molar-refractivity contribution >= 4 is 0 Å². The van der Waals surface area contributed by atoms with Gasteiger partial charge in [-0.1, -0.05) is 6.92 Å². The zero-order valence-corrected chi connectivity index (χ0v) is 8.00. The minimum atomic E-state index is 0.241. The summed E-state index contributed by atoms with van der Waals surface area (Å²) in [5.74, 6) is 2.45. The predicted molar refractivity (Wildman–Crippen MR) is 50.1 cm³/mol. The van der Waals surface area contributed by atoms with E-state index in [-0.39, 0.29) is 6.04 Å². The van der Waals surface area contributed by atoms with Gasteiger partial charge in [0.1, 0.15) is 11.5 Å². The molecule has 0 aliphatic carbocycles. The fraction of sp³-hybridized carbons (Fsp3) is 0.600. The summed E-state index contributed by atoms with van der Waals surface area (Å²) in [6.07, 6.45) is 0.979. The van der Waals surface area contributed by atoms with E-state index in [1.54, 1.807) is 0 Å². The highest BCUT2D eigenvalue weighted by Gasteiger charge is 2.10. The van der Waals surface area contributed by atoms with Crippen LogP contribution in [0.4, 0.5) is 0 Å². The highest BCUT2D eigenvalue weighted by atomic mass is 16.3. The summed E-state index contributed by atoms with van der Waals surface area (Å²) in [6, 6.07) is 4.26. The van der Waals surface area contributed by atoms with Gasteiger partial charge < -0.3 is 10.2 Å². The molecular weight excluding hydrogens is 150 g/mol. The summed E-state index contributed by atoms with van der Waals surface area (Å²) in [7, 11) is 0. The van der Waals surface area contributed by atoms with Gasteiger partial charge >= 0.3 is 0 Å². The Kier molecular flexibility index (Phi) is 2.93. The highest BCUT2D eigenvalue weighted by molar-refractivity contribution is 5.09. The Balaban J connectivity index is 2.58. The van der Waals surface area contributed by atoms with Crippen molar-refractivity contribution in [2.45, 2.75) is 39.2 Å². The third kappa shape index (κ3) is 2.38. The number of rotatable bonds is 3. The lowest BCUT2D eigenvalue weighted by Gasteiger charge is -2.10. The highest BCUT2D eigenvalue weighted by Crippen LogP contribution is 2.21. The van der Waals surface area contributed by atoms with Crippen LogP contribution in [0.15, 0.2) is 16.5 Å². The smallest absolute Gasteiger partial charge is 0.107 e. The van der Waals surface area contributed by atoms with Crippen molar-refractivity contribution < 1.29 is 4.42 Å². The van der Waals surface area contributed by atoms with E-state index in [4.69, 9.17) is 10.2 Å². The fourth-order valence-corrected chi connectivity index (χ4v) is 1.39. The van der Waals surface area contributed by atoms with Crippen molar-refractivity contribution in [1.82, 2.24) is 0 Å². The summed E-state index contributed by atoms with van der Waals surface area (Å²) in [6.45, 7) is 6.12. The van der Waals surface area contributed by atoms with Crippen LogP contribution >= 0.6 is 0 Å². The van der Waals surface area contributed by atoms with Gasteiger partial charge in [-0.05, 0) is 32.4 Å². The van der Waals surface area contributed by atoms with E-state index >= 15 is 0 Å². The molecule has 1 heterocycles. The first-order valence-corrected chi connectivity index (χ1v) is 4.41. The standard InChI is InChI=1S/C10H17NO/c1-7(6-8(2)11)10-5-4-9(3)12-10/h4-5,7-8H,6,11H2,1-3H3. The van der Waals surface area contributed by atoms with Crippen molar-refractivity contribution in [3.05, 3.63) is 23.7 Å². The van der Waals surface area contributed by atoms with E-state index in [1.165, 1.54) is 0 Å². The van der Waals surface area contributed by atoms with E-state index in [0.717, 1.165) is 17.9 Å². The Bertz CT molecular complexity index is 240. The Morgan fingerprint density at radius 2 is 2.08 bits per heavy atom. The minimum absolute atomic E-state index is 0.241. The van der Waals surface area contributed by atoms with Crippen molar-refractivity contribution in [3.63, 3.8) is 0 Å². The van der Waals surface area contributed by atoms with Gasteiger partial charge in [0.05, 0.1) is 0 Å². The number of hydrogen-bond acceptors (Lipinski definition) is 2. The molecule has 0 bridgehead atoms. The minimum Gasteiger partial charge on any atom is -0.466 e. The third-order valence-corrected chi connectivity index (χ3v) is 1.97. The van der Waals surface area contributed by atoms with Crippen molar-refractivity contribution in [1.29, 1.82) is 0 Å². The first-order chi connectivity index (χ1) is 5.59. The maximum atomic E-state index is 5.70. The van der Waals surface area contributed by atoms with Crippen LogP contribution < -0.4 is 5.73 Å². The Morgan fingerprint density at radius 1 is 1.42 bits per heavy atom. The van der Waals surface area contributed by atoms with Crippen LogP contribution in [0.3, 0.4) is 0 Å². The van der Waals surface area contributed by atoms with Gasteiger partial charge in [-0.25, -0.2) is 0 Å². The molecular formula is C10H17NO. The van der Waals surface area contributed by atoms with Crippen molar-refractivity contribution in [3.8, 4) is 0 Å². The SMILES string of the molecule is Cc1ccc(C(C)CC(C)N)o1. The molecule has 68 valence electrons. The summed E-state index contributed by atoms with van der Waals surface area (Å²) in [4.78, 5) is 0. The number of furan rings is 1. The molecule has 0 fully saturated rings. The molecule has 0 saturated carbocycles. The molecule has 2 heteroatoms. The summed E-state index contributed by atoms with van der Waals surface area (Å²) in [5.41, 5.74) is 5.70. The van der Waals surface area contributed by atoms with Crippen LogP contribution in [-0.2, 0) is 0 Å². The predicted octanol–water partition coefficient (Wildman–Crippen LogP) is 2.43. The second-order valence-electron chi connectivity index (χ2n) is 3.56. The quantitative estimate of drug-likeness (QED) is 0.751. The largest absolute Gasteiger partial charge is 0.466 e. The summed E-state index contributed by atoms with van der Waals surface area (Å²) in [5, 5.41) is 0. The molecule has 12 heavy (non-hydrogen) atoms. The molecule has 1 rings (SSSR count). The lowest BCUT2D eigenvalue weighted by Crippen LogP contribution is -2.17. The summed E-state index contributed by atoms with van der Waals surface area (Å²) >= 11 is 0. The average Bonchev–Trinajstić information content (AvgIpc) is 2.34. The third-order valence-electron chi connectivity index (χ3n) is 1.97. The normalized spacial score (nSPS) is 16.0. The van der Waals surface area contributed by atoms with Gasteiger partial charge in [-0.2, -0.15) is 0 Å². The van der Waals surface area contributed by atoms with Gasteiger partial charge in [-0.3, -0.25) is 0 Å². The van der Waals surface area contributed by atoms with Gasteiger partial charge in [-0.15, -0.1) is 0 Å². The van der Waals surface area contributed by atoms with E-state index in [1.807, 2.05) is 26.0 Å². The van der Waals surface area contributed by atoms with Gasteiger partial charge in [0.2, 0.25) is 0 Å². The van der Waals surface area contributed by atoms with E-state index < -0.39 is 0 Å². The topological polar surface area (TPSA) is 39.2 Å². The fourth-order valence-electron chi connectivity index (χ4n) is 1.39. The number of hydrogen-bond donors (Lipinski definition) is 1. The van der Waals surface area contributed by atoms with Gasteiger partial charge in [0.25, 0.3) is 0 Å². The molecule has 1 aromatic rings. The van der Waals surface area contributed by atoms with Crippen LogP contribution in [0.5, 0.6) is 0 Å². The molecule has 2 N–H and O–H groups in total. The Hall–Kier alpha value is -0.760. The Morgan fingerprint density at radius 3 is 2.50 bits per heavy atom. The van der Waals surface area contributed by atoms with Crippen molar-refractivity contribution in [2.75, 3.05) is 0 Å². The van der Waals surface area contributed by atoms with Crippen molar-refractivity contribution in [2.24, 2.45) is 5.73 Å². The molecule has 0 aromatic carbocycles. The first kappa shape index (κ1) is 9.33. The molecule has 2 unspecified atom stereocenters. The maximum Gasteiger partial charge on any atom is 0.107 e. The number of nitrogens with two attached hydrogens (primary N) is 1. The van der Waals surface area contributed by atoms with Crippen LogP contribution in [0.25, 0.3) is 0 Å². The molecule has 2 atom stereocenters. The average molecular weight is 167 g/mol. The molecule has 0 radical (unpaired) electrons.